The number of rotatable bonds is 3. The van der Waals surface area contributed by atoms with Gasteiger partial charge in [0.25, 0.3) is 0 Å². The van der Waals surface area contributed by atoms with Crippen LogP contribution >= 0.6 is 0 Å². The predicted molar refractivity (Wildman–Crippen MR) is 30.9 cm³/mol. The van der Waals surface area contributed by atoms with Gasteiger partial charge >= 0.3 is 5.97 Å². The van der Waals surface area contributed by atoms with E-state index in [0.717, 1.165) is 0 Å². The zero-order chi connectivity index (χ0) is 7.28. The molecule has 0 aromatic carbocycles. The van der Waals surface area contributed by atoms with Crippen LogP contribution in [-0.4, -0.2) is 17.1 Å². The first-order chi connectivity index (χ1) is 4.16. The molecule has 0 amide bonds. The van der Waals surface area contributed by atoms with Crippen molar-refractivity contribution in [1.29, 1.82) is 0 Å². The Balaban J connectivity index is 3.62. The van der Waals surface area contributed by atoms with E-state index in [1.165, 1.54) is 0 Å². The minimum absolute atomic E-state index is 0.107. The Morgan fingerprint density at radius 2 is 2.56 bits per heavy atom. The number of carboxylic acid groups (broad SMARTS) is 1. The summed E-state index contributed by atoms with van der Waals surface area (Å²) in [6.07, 6.45) is -0.107. The highest BCUT2D eigenvalue weighted by molar-refractivity contribution is 5.67. The van der Waals surface area contributed by atoms with E-state index in [-0.39, 0.29) is 6.42 Å². The molecule has 50 valence electrons. The molecule has 0 aliphatic rings. The molecule has 5 nitrogen and oxygen atoms in total. The van der Waals surface area contributed by atoms with Gasteiger partial charge in [-0.25, -0.2) is 0 Å². The van der Waals surface area contributed by atoms with E-state index in [1.54, 1.807) is 6.92 Å². The first-order valence-electron chi connectivity index (χ1n) is 2.43. The van der Waals surface area contributed by atoms with Crippen LogP contribution in [0, 0.1) is 0 Å². The first-order valence-corrected chi connectivity index (χ1v) is 2.43. The first kappa shape index (κ1) is 7.78. The van der Waals surface area contributed by atoms with Gasteiger partial charge in [-0.15, -0.1) is 0 Å². The Kier molecular flexibility index (Phi) is 3.23. The molecule has 0 bridgehead atoms. The van der Waals surface area contributed by atoms with Crippen LogP contribution < -0.4 is 0 Å². The van der Waals surface area contributed by atoms with Crippen LogP contribution in [0.3, 0.4) is 0 Å². The van der Waals surface area contributed by atoms with E-state index >= 15 is 0 Å². The van der Waals surface area contributed by atoms with Crippen molar-refractivity contribution in [2.24, 2.45) is 5.11 Å². The van der Waals surface area contributed by atoms with Crippen LogP contribution in [0.4, 0.5) is 0 Å². The van der Waals surface area contributed by atoms with Gasteiger partial charge in [0, 0.05) is 11.0 Å². The van der Waals surface area contributed by atoms with E-state index in [0.29, 0.717) is 0 Å². The van der Waals surface area contributed by atoms with Crippen LogP contribution in [0.1, 0.15) is 13.3 Å². The van der Waals surface area contributed by atoms with Crippen LogP contribution in [0.2, 0.25) is 0 Å². The number of nitrogens with zero attached hydrogens (tertiary/aromatic N) is 3. The molecule has 0 rings (SSSR count). The number of carboxylic acids is 1. The van der Waals surface area contributed by atoms with Crippen molar-refractivity contribution >= 4 is 5.97 Å². The maximum atomic E-state index is 9.90. The molecule has 1 N–H and O–H groups in total. The lowest BCUT2D eigenvalue weighted by Crippen LogP contribution is -2.05. The van der Waals surface area contributed by atoms with Crippen LogP contribution in [0.5, 0.6) is 0 Å². The molecule has 9 heavy (non-hydrogen) atoms. The molecule has 0 aliphatic carbocycles. The van der Waals surface area contributed by atoms with Crippen LogP contribution in [-0.2, 0) is 4.79 Å². The summed E-state index contributed by atoms with van der Waals surface area (Å²) in [5.74, 6) is -0.949. The molecule has 0 saturated heterocycles. The molecular formula is C4H7N3O2. The Morgan fingerprint density at radius 1 is 2.00 bits per heavy atom. The fourth-order valence-electron chi connectivity index (χ4n) is 0.382. The average molecular weight is 129 g/mol. The minimum Gasteiger partial charge on any atom is -0.481 e. The lowest BCUT2D eigenvalue weighted by molar-refractivity contribution is -0.137. The lowest BCUT2D eigenvalue weighted by atomic mass is 10.3. The van der Waals surface area contributed by atoms with Gasteiger partial charge in [0.15, 0.2) is 0 Å². The molecule has 0 aliphatic heterocycles. The third-order valence-electron chi connectivity index (χ3n) is 0.719. The number of hydrogen-bond donors (Lipinski definition) is 1. The summed E-state index contributed by atoms with van der Waals surface area (Å²) in [5.41, 5.74) is 7.81. The molecule has 0 unspecified atom stereocenters. The zero-order valence-electron chi connectivity index (χ0n) is 4.98. The summed E-state index contributed by atoms with van der Waals surface area (Å²) in [7, 11) is 0. The Hall–Kier alpha value is -1.22. The summed E-state index contributed by atoms with van der Waals surface area (Å²) in [6.45, 7) is 1.55. The molecule has 1 atom stereocenters. The maximum Gasteiger partial charge on any atom is 0.303 e. The minimum atomic E-state index is -0.949. The van der Waals surface area contributed by atoms with E-state index in [2.05, 4.69) is 10.0 Å². The van der Waals surface area contributed by atoms with Gasteiger partial charge in [-0.1, -0.05) is 12.0 Å². The lowest BCUT2D eigenvalue weighted by Gasteiger charge is -1.95. The predicted octanol–water partition coefficient (Wildman–Crippen LogP) is 1.16. The second kappa shape index (κ2) is 3.74. The summed E-state index contributed by atoms with van der Waals surface area (Å²) >= 11 is 0. The summed E-state index contributed by atoms with van der Waals surface area (Å²) in [5, 5.41) is 11.3. The third-order valence-corrected chi connectivity index (χ3v) is 0.719. The summed E-state index contributed by atoms with van der Waals surface area (Å²) in [4.78, 5) is 12.4. The molecule has 0 aromatic rings. The summed E-state index contributed by atoms with van der Waals surface area (Å²) in [6, 6.07) is -0.451. The number of hydrogen-bond acceptors (Lipinski definition) is 2. The molecule has 0 fully saturated rings. The highest BCUT2D eigenvalue weighted by atomic mass is 16.4. The van der Waals surface area contributed by atoms with Crippen molar-refractivity contribution in [2.45, 2.75) is 19.4 Å². The third kappa shape index (κ3) is 4.64. The molecule has 0 heterocycles. The van der Waals surface area contributed by atoms with E-state index in [1.807, 2.05) is 0 Å². The van der Waals surface area contributed by atoms with Gasteiger partial charge in [0.05, 0.1) is 6.42 Å². The molecular weight excluding hydrogens is 122 g/mol. The number of azide groups is 1. The second-order valence-corrected chi connectivity index (χ2v) is 1.65. The fraction of sp³-hybridized carbons (Fsp3) is 0.750. The molecule has 0 spiro atoms. The van der Waals surface area contributed by atoms with Gasteiger partial charge in [0.2, 0.25) is 0 Å². The van der Waals surface area contributed by atoms with Gasteiger partial charge in [-0.3, -0.25) is 4.79 Å². The quantitative estimate of drug-likeness (QED) is 0.352. The highest BCUT2D eigenvalue weighted by Gasteiger charge is 2.02. The van der Waals surface area contributed by atoms with E-state index in [4.69, 9.17) is 10.6 Å². The molecule has 0 saturated carbocycles. The Bertz CT molecular complexity index is 150. The van der Waals surface area contributed by atoms with Gasteiger partial charge in [0.1, 0.15) is 0 Å². The van der Waals surface area contributed by atoms with Crippen molar-refractivity contribution in [3.63, 3.8) is 0 Å². The summed E-state index contributed by atoms with van der Waals surface area (Å²) < 4.78 is 0. The molecule has 5 heteroatoms. The van der Waals surface area contributed by atoms with Crippen LogP contribution in [0.15, 0.2) is 5.11 Å². The Labute approximate surface area is 51.9 Å². The topological polar surface area (TPSA) is 86.1 Å². The molecule has 0 aromatic heterocycles. The van der Waals surface area contributed by atoms with Crippen molar-refractivity contribution in [2.75, 3.05) is 0 Å². The maximum absolute atomic E-state index is 9.90. The van der Waals surface area contributed by atoms with Crippen molar-refractivity contribution in [3.05, 3.63) is 10.4 Å². The highest BCUT2D eigenvalue weighted by Crippen LogP contribution is 1.95. The van der Waals surface area contributed by atoms with Crippen molar-refractivity contribution in [1.82, 2.24) is 0 Å². The van der Waals surface area contributed by atoms with Gasteiger partial charge < -0.3 is 5.11 Å². The SMILES string of the molecule is C[C@@H](CC(=O)O)N=[N+]=[N-]. The average Bonchev–Trinajstić information content (AvgIpc) is 1.63. The number of carbonyl (C=O) groups is 1. The largest absolute Gasteiger partial charge is 0.481 e. The standard InChI is InChI=1S/C4H7N3O2/c1-3(6-7-5)2-4(8)9/h3H,2H2,1H3,(H,8,9)/t3-/m0/s1. The van der Waals surface area contributed by atoms with Crippen molar-refractivity contribution < 1.29 is 9.90 Å². The van der Waals surface area contributed by atoms with E-state index in [9.17, 15) is 4.79 Å². The smallest absolute Gasteiger partial charge is 0.303 e. The van der Waals surface area contributed by atoms with Crippen molar-refractivity contribution in [3.8, 4) is 0 Å². The Morgan fingerprint density at radius 3 is 2.89 bits per heavy atom. The van der Waals surface area contributed by atoms with Gasteiger partial charge in [-0.05, 0) is 5.53 Å². The fourth-order valence-corrected chi connectivity index (χ4v) is 0.382. The number of aliphatic carboxylic acids is 1. The zero-order valence-corrected chi connectivity index (χ0v) is 4.98. The monoisotopic (exact) mass is 129 g/mol. The van der Waals surface area contributed by atoms with Gasteiger partial charge in [-0.2, -0.15) is 0 Å². The van der Waals surface area contributed by atoms with Crippen LogP contribution in [0.25, 0.3) is 10.4 Å². The second-order valence-electron chi connectivity index (χ2n) is 1.65. The molecule has 0 radical (unpaired) electrons. The van der Waals surface area contributed by atoms with E-state index < -0.39 is 12.0 Å². The normalized spacial score (nSPS) is 11.7.